The van der Waals surface area contributed by atoms with Gasteiger partial charge in [-0.3, -0.25) is 4.90 Å². The second-order valence-corrected chi connectivity index (χ2v) is 6.42. The van der Waals surface area contributed by atoms with Gasteiger partial charge >= 0.3 is 0 Å². The molecule has 1 unspecified atom stereocenters. The lowest BCUT2D eigenvalue weighted by Gasteiger charge is -2.32. The van der Waals surface area contributed by atoms with Crippen molar-refractivity contribution in [2.24, 2.45) is 0 Å². The third kappa shape index (κ3) is 3.41. The minimum atomic E-state index is 0.438. The van der Waals surface area contributed by atoms with Crippen molar-refractivity contribution in [3.8, 4) is 0 Å². The van der Waals surface area contributed by atoms with Crippen LogP contribution in [0.25, 0.3) is 5.57 Å². The predicted octanol–water partition coefficient (Wildman–Crippen LogP) is 3.83. The molecule has 1 atom stereocenters. The number of benzene rings is 1. The summed E-state index contributed by atoms with van der Waals surface area (Å²) in [5, 5.41) is 0. The Morgan fingerprint density at radius 1 is 1.13 bits per heavy atom. The molecule has 0 radical (unpaired) electrons. The molecule has 0 bridgehead atoms. The van der Waals surface area contributed by atoms with E-state index in [0.717, 1.165) is 32.0 Å². The Kier molecular flexibility index (Phi) is 4.69. The van der Waals surface area contributed by atoms with Gasteiger partial charge in [-0.25, -0.2) is 0 Å². The van der Waals surface area contributed by atoms with Crippen molar-refractivity contribution in [3.63, 3.8) is 0 Å². The summed E-state index contributed by atoms with van der Waals surface area (Å²) in [7, 11) is 2.05. The molecular weight excluding hydrogens is 284 g/mol. The number of allylic oxidation sites excluding steroid dienone is 3. The zero-order chi connectivity index (χ0) is 16.4. The van der Waals surface area contributed by atoms with Gasteiger partial charge in [-0.05, 0) is 42.2 Å². The molecule has 122 valence electrons. The summed E-state index contributed by atoms with van der Waals surface area (Å²) < 4.78 is 5.45. The van der Waals surface area contributed by atoms with Crippen molar-refractivity contribution >= 4 is 5.57 Å². The molecule has 0 aliphatic carbocycles. The molecule has 0 amide bonds. The molecule has 3 nitrogen and oxygen atoms in total. The third-order valence-electron chi connectivity index (χ3n) is 4.91. The topological polar surface area (TPSA) is 15.7 Å². The normalized spacial score (nSPS) is 21.0. The molecule has 0 spiro atoms. The van der Waals surface area contributed by atoms with E-state index in [9.17, 15) is 0 Å². The highest BCUT2D eigenvalue weighted by molar-refractivity contribution is 5.77. The largest absolute Gasteiger partial charge is 0.379 e. The SMILES string of the molecule is C=C1C(C)=CC(c2ccc(C(C)N3CCOCC3)cc2)=CN1C. The van der Waals surface area contributed by atoms with Gasteiger partial charge < -0.3 is 9.64 Å². The first kappa shape index (κ1) is 16.0. The molecule has 2 heterocycles. The lowest BCUT2D eigenvalue weighted by Crippen LogP contribution is -2.37. The van der Waals surface area contributed by atoms with Crippen molar-refractivity contribution in [2.45, 2.75) is 19.9 Å². The lowest BCUT2D eigenvalue weighted by atomic mass is 9.97. The van der Waals surface area contributed by atoms with E-state index in [1.54, 1.807) is 0 Å². The van der Waals surface area contributed by atoms with E-state index in [2.05, 4.69) is 66.8 Å². The molecule has 3 rings (SSSR count). The van der Waals surface area contributed by atoms with Crippen LogP contribution in [0.15, 0.2) is 54.4 Å². The number of morpholine rings is 1. The van der Waals surface area contributed by atoms with Crippen LogP contribution in [0.1, 0.15) is 31.0 Å². The van der Waals surface area contributed by atoms with Gasteiger partial charge in [0.2, 0.25) is 0 Å². The van der Waals surface area contributed by atoms with Crippen LogP contribution in [-0.4, -0.2) is 43.2 Å². The van der Waals surface area contributed by atoms with Gasteiger partial charge in [0, 0.05) is 38.1 Å². The Balaban J connectivity index is 1.77. The molecule has 2 aliphatic rings. The predicted molar refractivity (Wildman–Crippen MR) is 95.9 cm³/mol. The van der Waals surface area contributed by atoms with Crippen molar-refractivity contribution in [2.75, 3.05) is 33.4 Å². The van der Waals surface area contributed by atoms with Crippen molar-refractivity contribution < 1.29 is 4.74 Å². The van der Waals surface area contributed by atoms with E-state index in [0.29, 0.717) is 6.04 Å². The molecule has 2 aliphatic heterocycles. The second-order valence-electron chi connectivity index (χ2n) is 6.42. The van der Waals surface area contributed by atoms with E-state index in [1.165, 1.54) is 22.3 Å². The number of rotatable bonds is 3. The molecular formula is C20H26N2O. The van der Waals surface area contributed by atoms with Gasteiger partial charge in [-0.1, -0.05) is 30.8 Å². The molecule has 0 aromatic heterocycles. The Morgan fingerprint density at radius 3 is 2.39 bits per heavy atom. The molecule has 23 heavy (non-hydrogen) atoms. The lowest BCUT2D eigenvalue weighted by molar-refractivity contribution is 0.0198. The van der Waals surface area contributed by atoms with E-state index in [4.69, 9.17) is 4.74 Å². The summed E-state index contributed by atoms with van der Waals surface area (Å²) >= 11 is 0. The summed E-state index contributed by atoms with van der Waals surface area (Å²) in [6.45, 7) is 12.2. The van der Waals surface area contributed by atoms with Crippen LogP contribution in [0.2, 0.25) is 0 Å². The first-order chi connectivity index (χ1) is 11.1. The fraction of sp³-hybridized carbons (Fsp3) is 0.400. The minimum absolute atomic E-state index is 0.438. The third-order valence-corrected chi connectivity index (χ3v) is 4.91. The quantitative estimate of drug-likeness (QED) is 0.844. The van der Waals surface area contributed by atoms with E-state index in [1.807, 2.05) is 7.05 Å². The van der Waals surface area contributed by atoms with Gasteiger partial charge in [0.05, 0.1) is 13.2 Å². The molecule has 3 heteroatoms. The summed E-state index contributed by atoms with van der Waals surface area (Å²) in [5.74, 6) is 0. The Hall–Kier alpha value is -1.84. The second kappa shape index (κ2) is 6.73. The van der Waals surface area contributed by atoms with E-state index in [-0.39, 0.29) is 0 Å². The van der Waals surface area contributed by atoms with E-state index >= 15 is 0 Å². The highest BCUT2D eigenvalue weighted by Crippen LogP contribution is 2.29. The first-order valence-electron chi connectivity index (χ1n) is 8.30. The zero-order valence-corrected chi connectivity index (χ0v) is 14.4. The highest BCUT2D eigenvalue weighted by Gasteiger charge is 2.18. The van der Waals surface area contributed by atoms with Gasteiger partial charge in [-0.2, -0.15) is 0 Å². The van der Waals surface area contributed by atoms with Gasteiger partial charge in [0.25, 0.3) is 0 Å². The minimum Gasteiger partial charge on any atom is -0.379 e. The number of hydrogen-bond donors (Lipinski definition) is 0. The van der Waals surface area contributed by atoms with E-state index < -0.39 is 0 Å². The summed E-state index contributed by atoms with van der Waals surface area (Å²) in [4.78, 5) is 4.58. The highest BCUT2D eigenvalue weighted by atomic mass is 16.5. The molecule has 1 aromatic rings. The van der Waals surface area contributed by atoms with Crippen LogP contribution in [-0.2, 0) is 4.74 Å². The maximum atomic E-state index is 5.45. The summed E-state index contributed by atoms with van der Waals surface area (Å²) in [6.07, 6.45) is 4.36. The average molecular weight is 310 g/mol. The van der Waals surface area contributed by atoms with Gasteiger partial charge in [0.15, 0.2) is 0 Å². The van der Waals surface area contributed by atoms with Crippen LogP contribution in [0, 0.1) is 0 Å². The summed E-state index contributed by atoms with van der Waals surface area (Å²) in [5.41, 5.74) is 6.14. The number of likely N-dealkylation sites (N-methyl/N-ethyl adjacent to an activating group) is 1. The van der Waals surface area contributed by atoms with Crippen molar-refractivity contribution in [1.82, 2.24) is 9.80 Å². The van der Waals surface area contributed by atoms with Crippen LogP contribution in [0.3, 0.4) is 0 Å². The Bertz CT molecular complexity index is 636. The standard InChI is InChI=1S/C20H26N2O/c1-15-13-20(14-21(4)16(15)2)19-7-5-18(6-8-19)17(3)22-9-11-23-12-10-22/h5-8,13-14,17H,2,9-12H2,1,3-4H3. The number of nitrogens with zero attached hydrogens (tertiary/aromatic N) is 2. The Morgan fingerprint density at radius 2 is 1.78 bits per heavy atom. The van der Waals surface area contributed by atoms with Crippen LogP contribution < -0.4 is 0 Å². The maximum absolute atomic E-state index is 5.45. The fourth-order valence-corrected chi connectivity index (χ4v) is 3.21. The van der Waals surface area contributed by atoms with Crippen LogP contribution in [0.5, 0.6) is 0 Å². The van der Waals surface area contributed by atoms with Crippen LogP contribution in [0.4, 0.5) is 0 Å². The molecule has 1 aromatic carbocycles. The van der Waals surface area contributed by atoms with Crippen molar-refractivity contribution in [1.29, 1.82) is 0 Å². The van der Waals surface area contributed by atoms with Crippen LogP contribution >= 0.6 is 0 Å². The Labute approximate surface area is 139 Å². The molecule has 1 fully saturated rings. The molecule has 0 saturated carbocycles. The smallest absolute Gasteiger partial charge is 0.0594 e. The number of ether oxygens (including phenoxy) is 1. The fourth-order valence-electron chi connectivity index (χ4n) is 3.21. The zero-order valence-electron chi connectivity index (χ0n) is 14.4. The maximum Gasteiger partial charge on any atom is 0.0594 e. The average Bonchev–Trinajstić information content (AvgIpc) is 2.59. The molecule has 1 saturated heterocycles. The van der Waals surface area contributed by atoms with Gasteiger partial charge in [-0.15, -0.1) is 0 Å². The number of hydrogen-bond acceptors (Lipinski definition) is 3. The summed E-state index contributed by atoms with van der Waals surface area (Å²) in [6, 6.07) is 9.40. The monoisotopic (exact) mass is 310 g/mol. The first-order valence-corrected chi connectivity index (χ1v) is 8.30. The van der Waals surface area contributed by atoms with Gasteiger partial charge in [0.1, 0.15) is 0 Å². The van der Waals surface area contributed by atoms with Crippen molar-refractivity contribution in [3.05, 3.63) is 65.5 Å². The molecule has 0 N–H and O–H groups in total.